The minimum atomic E-state index is -0.105. The summed E-state index contributed by atoms with van der Waals surface area (Å²) in [6.07, 6.45) is 2.10. The molecule has 1 fully saturated rings. The molecule has 0 saturated carbocycles. The van der Waals surface area contributed by atoms with Gasteiger partial charge in [0.2, 0.25) is 0 Å². The van der Waals surface area contributed by atoms with Crippen molar-refractivity contribution >= 4 is 18.3 Å². The molecular weight excluding hydrogens is 316 g/mol. The number of piperidine rings is 1. The smallest absolute Gasteiger partial charge is 0.269 e. The van der Waals surface area contributed by atoms with Gasteiger partial charge in [0.15, 0.2) is 0 Å². The van der Waals surface area contributed by atoms with Crippen LogP contribution in [0.3, 0.4) is 0 Å². The van der Waals surface area contributed by atoms with Crippen molar-refractivity contribution in [3.63, 3.8) is 0 Å². The fourth-order valence-electron chi connectivity index (χ4n) is 2.95. The van der Waals surface area contributed by atoms with Crippen molar-refractivity contribution in [2.75, 3.05) is 13.1 Å². The van der Waals surface area contributed by atoms with E-state index in [4.69, 9.17) is 0 Å². The van der Waals surface area contributed by atoms with Crippen LogP contribution in [0, 0.1) is 13.8 Å². The normalized spacial score (nSPS) is 17.6. The average Bonchev–Trinajstić information content (AvgIpc) is 3.06. The van der Waals surface area contributed by atoms with Crippen LogP contribution in [0.4, 0.5) is 0 Å². The maximum atomic E-state index is 12.3. The SMILES string of the molecule is Cc1nn(C)c(C)c1-c1cc(C(=O)N[C@H]2CCCNC2)[nH]n1.Cl. The molecule has 7 nitrogen and oxygen atoms in total. The van der Waals surface area contributed by atoms with Crippen LogP contribution in [0.25, 0.3) is 11.3 Å². The number of nitrogens with one attached hydrogen (secondary N) is 3. The van der Waals surface area contributed by atoms with Crippen LogP contribution < -0.4 is 10.6 Å². The zero-order chi connectivity index (χ0) is 15.7. The second-order valence-corrected chi connectivity index (χ2v) is 5.85. The Morgan fingerprint density at radius 2 is 2.22 bits per heavy atom. The molecule has 0 radical (unpaired) electrons. The highest BCUT2D eigenvalue weighted by atomic mass is 35.5. The van der Waals surface area contributed by atoms with Crippen molar-refractivity contribution in [1.82, 2.24) is 30.6 Å². The lowest BCUT2D eigenvalue weighted by atomic mass is 10.1. The molecule has 0 aromatic carbocycles. The lowest BCUT2D eigenvalue weighted by Crippen LogP contribution is -2.45. The molecule has 3 N–H and O–H groups in total. The largest absolute Gasteiger partial charge is 0.347 e. The van der Waals surface area contributed by atoms with Gasteiger partial charge in [-0.25, -0.2) is 0 Å². The molecule has 3 rings (SSSR count). The molecule has 1 aliphatic rings. The lowest BCUT2D eigenvalue weighted by Gasteiger charge is -2.23. The first kappa shape index (κ1) is 17.5. The van der Waals surface area contributed by atoms with Gasteiger partial charge in [0.05, 0.1) is 11.4 Å². The molecule has 1 atom stereocenters. The second kappa shape index (κ2) is 7.14. The maximum Gasteiger partial charge on any atom is 0.269 e. The molecule has 8 heteroatoms. The summed E-state index contributed by atoms with van der Waals surface area (Å²) in [4.78, 5) is 12.3. The Bertz CT molecular complexity index is 686. The van der Waals surface area contributed by atoms with E-state index in [0.717, 1.165) is 48.6 Å². The summed E-state index contributed by atoms with van der Waals surface area (Å²) in [5.74, 6) is -0.105. The van der Waals surface area contributed by atoms with E-state index in [2.05, 4.69) is 25.9 Å². The molecule has 0 unspecified atom stereocenters. The van der Waals surface area contributed by atoms with Crippen molar-refractivity contribution in [3.8, 4) is 11.3 Å². The van der Waals surface area contributed by atoms with Crippen LogP contribution in [-0.2, 0) is 7.05 Å². The predicted octanol–water partition coefficient (Wildman–Crippen LogP) is 1.33. The van der Waals surface area contributed by atoms with E-state index in [1.54, 1.807) is 6.07 Å². The van der Waals surface area contributed by atoms with Crippen molar-refractivity contribution in [3.05, 3.63) is 23.1 Å². The van der Waals surface area contributed by atoms with E-state index in [-0.39, 0.29) is 24.4 Å². The fourth-order valence-corrected chi connectivity index (χ4v) is 2.95. The van der Waals surface area contributed by atoms with Crippen LogP contribution in [0.2, 0.25) is 0 Å². The van der Waals surface area contributed by atoms with Crippen LogP contribution in [0.15, 0.2) is 6.07 Å². The number of halogens is 1. The number of amides is 1. The lowest BCUT2D eigenvalue weighted by molar-refractivity contribution is 0.0925. The Kier molecular flexibility index (Phi) is 5.43. The van der Waals surface area contributed by atoms with E-state index < -0.39 is 0 Å². The average molecular weight is 339 g/mol. The standard InChI is InChI=1S/C15H22N6O.ClH/c1-9-14(10(2)21(3)20-9)12-7-13(19-18-12)15(22)17-11-5-4-6-16-8-11;/h7,11,16H,4-6,8H2,1-3H3,(H,17,22)(H,18,19);1H/t11-;/m0./s1. The van der Waals surface area contributed by atoms with Gasteiger partial charge in [0.25, 0.3) is 5.91 Å². The van der Waals surface area contributed by atoms with Crippen molar-refractivity contribution in [2.45, 2.75) is 32.7 Å². The number of aromatic nitrogens is 4. The molecule has 1 amide bonds. The van der Waals surface area contributed by atoms with Gasteiger partial charge in [-0.15, -0.1) is 12.4 Å². The zero-order valence-electron chi connectivity index (χ0n) is 13.6. The number of H-pyrrole nitrogens is 1. The maximum absolute atomic E-state index is 12.3. The van der Waals surface area contributed by atoms with E-state index >= 15 is 0 Å². The number of carbonyl (C=O) groups excluding carboxylic acids is 1. The van der Waals surface area contributed by atoms with Crippen molar-refractivity contribution in [2.24, 2.45) is 7.05 Å². The third kappa shape index (κ3) is 3.56. The van der Waals surface area contributed by atoms with Crippen LogP contribution in [-0.4, -0.2) is 45.0 Å². The van der Waals surface area contributed by atoms with Gasteiger partial charge in [-0.05, 0) is 39.3 Å². The molecule has 0 bridgehead atoms. The summed E-state index contributed by atoms with van der Waals surface area (Å²) in [6, 6.07) is 1.98. The Morgan fingerprint density at radius 1 is 1.43 bits per heavy atom. The van der Waals surface area contributed by atoms with Gasteiger partial charge < -0.3 is 10.6 Å². The molecule has 2 aromatic heterocycles. The van der Waals surface area contributed by atoms with Gasteiger partial charge in [0, 0.05) is 30.9 Å². The van der Waals surface area contributed by atoms with Gasteiger partial charge in [-0.3, -0.25) is 14.6 Å². The first-order valence-electron chi connectivity index (χ1n) is 7.64. The number of hydrogen-bond donors (Lipinski definition) is 3. The summed E-state index contributed by atoms with van der Waals surface area (Å²) < 4.78 is 1.83. The molecule has 23 heavy (non-hydrogen) atoms. The fraction of sp³-hybridized carbons (Fsp3) is 0.533. The van der Waals surface area contributed by atoms with E-state index in [9.17, 15) is 4.79 Å². The van der Waals surface area contributed by atoms with Crippen LogP contribution >= 0.6 is 12.4 Å². The second-order valence-electron chi connectivity index (χ2n) is 5.85. The molecule has 2 aromatic rings. The van der Waals surface area contributed by atoms with E-state index in [0.29, 0.717) is 5.69 Å². The number of rotatable bonds is 3. The summed E-state index contributed by atoms with van der Waals surface area (Å²) in [5, 5.41) is 17.8. The first-order chi connectivity index (χ1) is 10.6. The zero-order valence-corrected chi connectivity index (χ0v) is 14.5. The Hall–Kier alpha value is -1.86. The first-order valence-corrected chi connectivity index (χ1v) is 7.64. The van der Waals surface area contributed by atoms with E-state index in [1.807, 2.05) is 25.6 Å². The monoisotopic (exact) mass is 338 g/mol. The number of nitrogens with zero attached hydrogens (tertiary/aromatic N) is 3. The number of aryl methyl sites for hydroxylation is 2. The topological polar surface area (TPSA) is 87.6 Å². The molecule has 0 spiro atoms. The van der Waals surface area contributed by atoms with Gasteiger partial charge >= 0.3 is 0 Å². The molecule has 126 valence electrons. The van der Waals surface area contributed by atoms with Crippen LogP contribution in [0.1, 0.15) is 34.7 Å². The molecule has 1 saturated heterocycles. The minimum absolute atomic E-state index is 0. The van der Waals surface area contributed by atoms with Crippen molar-refractivity contribution < 1.29 is 4.79 Å². The highest BCUT2D eigenvalue weighted by Gasteiger charge is 2.20. The number of hydrogen-bond acceptors (Lipinski definition) is 4. The van der Waals surface area contributed by atoms with Gasteiger partial charge in [-0.2, -0.15) is 10.2 Å². The third-order valence-corrected chi connectivity index (χ3v) is 4.22. The Balaban J connectivity index is 0.00000192. The summed E-state index contributed by atoms with van der Waals surface area (Å²) in [5.41, 5.74) is 4.18. The third-order valence-electron chi connectivity index (χ3n) is 4.22. The molecule has 1 aliphatic heterocycles. The Labute approximate surface area is 141 Å². The number of carbonyl (C=O) groups is 1. The number of aromatic amines is 1. The quantitative estimate of drug-likeness (QED) is 0.788. The molecular formula is C15H23ClN6O. The predicted molar refractivity (Wildman–Crippen MR) is 90.9 cm³/mol. The van der Waals surface area contributed by atoms with Crippen LogP contribution in [0.5, 0.6) is 0 Å². The summed E-state index contributed by atoms with van der Waals surface area (Å²) in [6.45, 7) is 5.80. The Morgan fingerprint density at radius 3 is 2.83 bits per heavy atom. The highest BCUT2D eigenvalue weighted by molar-refractivity contribution is 5.93. The molecule has 0 aliphatic carbocycles. The van der Waals surface area contributed by atoms with Gasteiger partial charge in [-0.1, -0.05) is 0 Å². The van der Waals surface area contributed by atoms with E-state index in [1.165, 1.54) is 0 Å². The van der Waals surface area contributed by atoms with Gasteiger partial charge in [0.1, 0.15) is 5.69 Å². The highest BCUT2D eigenvalue weighted by Crippen LogP contribution is 2.25. The minimum Gasteiger partial charge on any atom is -0.347 e. The summed E-state index contributed by atoms with van der Waals surface area (Å²) in [7, 11) is 1.90. The molecule has 3 heterocycles. The summed E-state index contributed by atoms with van der Waals surface area (Å²) >= 11 is 0. The van der Waals surface area contributed by atoms with Crippen molar-refractivity contribution in [1.29, 1.82) is 0 Å².